The molecule has 4 nitrogen and oxygen atoms in total. The van der Waals surface area contributed by atoms with Crippen LogP contribution in [-0.4, -0.2) is 20.8 Å². The third-order valence-electron chi connectivity index (χ3n) is 1.29. The summed E-state index contributed by atoms with van der Waals surface area (Å²) in [6.07, 6.45) is 0.810. The number of aromatic amines is 1. The molecule has 1 rings (SSSR count). The van der Waals surface area contributed by atoms with Gasteiger partial charge in [0.1, 0.15) is 0 Å². The molecule has 0 radical (unpaired) electrons. The minimum atomic E-state index is -0.358. The third-order valence-corrected chi connectivity index (χ3v) is 2.04. The van der Waals surface area contributed by atoms with Crippen molar-refractivity contribution in [2.75, 3.05) is 5.75 Å². The van der Waals surface area contributed by atoms with Crippen molar-refractivity contribution in [2.24, 2.45) is 0 Å². The van der Waals surface area contributed by atoms with Crippen LogP contribution in [-0.2, 0) is 0 Å². The Kier molecular flexibility index (Phi) is 4.08. The minimum Gasteiger partial charge on any atom is -0.493 e. The zero-order valence-corrected chi connectivity index (χ0v) is 8.52. The van der Waals surface area contributed by atoms with E-state index in [1.165, 1.54) is 11.8 Å². The number of H-pyrrole nitrogens is 1. The Balaban J connectivity index is 2.63. The molecular weight excluding hydrogens is 200 g/mol. The van der Waals surface area contributed by atoms with Crippen molar-refractivity contribution in [3.05, 3.63) is 16.4 Å². The van der Waals surface area contributed by atoms with E-state index in [2.05, 4.69) is 21.8 Å². The molecule has 14 heavy (non-hydrogen) atoms. The van der Waals surface area contributed by atoms with E-state index in [-0.39, 0.29) is 11.4 Å². The normalized spacial score (nSPS) is 9.21. The van der Waals surface area contributed by atoms with E-state index >= 15 is 0 Å². The first-order valence-electron chi connectivity index (χ1n) is 4.11. The molecule has 0 aliphatic carbocycles. The number of nitrogens with zero attached hydrogens (tertiary/aromatic N) is 1. The van der Waals surface area contributed by atoms with E-state index in [9.17, 15) is 4.79 Å². The van der Waals surface area contributed by atoms with Gasteiger partial charge in [0.25, 0.3) is 5.56 Å². The Morgan fingerprint density at radius 1 is 1.64 bits per heavy atom. The highest BCUT2D eigenvalue weighted by Gasteiger charge is 1.98. The quantitative estimate of drug-likeness (QED) is 0.434. The summed E-state index contributed by atoms with van der Waals surface area (Å²) >= 11 is 1.29. The van der Waals surface area contributed by atoms with E-state index in [0.717, 1.165) is 12.5 Å². The topological polar surface area (TPSA) is 66.0 Å². The molecule has 0 atom stereocenters. The van der Waals surface area contributed by atoms with Crippen LogP contribution in [0.5, 0.6) is 5.88 Å². The van der Waals surface area contributed by atoms with Gasteiger partial charge in [0, 0.05) is 6.42 Å². The second-order valence-electron chi connectivity index (χ2n) is 2.40. The minimum absolute atomic E-state index is 0.264. The zero-order chi connectivity index (χ0) is 10.4. The maximum absolute atomic E-state index is 10.9. The van der Waals surface area contributed by atoms with Crippen molar-refractivity contribution in [1.29, 1.82) is 0 Å². The molecule has 0 fully saturated rings. The number of rotatable bonds is 2. The fraction of sp³-hybridized carbons (Fsp3) is 0.333. The summed E-state index contributed by atoms with van der Waals surface area (Å²) in [5.74, 6) is 6.08. The van der Waals surface area contributed by atoms with E-state index in [4.69, 9.17) is 5.11 Å². The largest absolute Gasteiger partial charge is 0.493 e. The third kappa shape index (κ3) is 3.54. The molecule has 1 aromatic rings. The Morgan fingerprint density at radius 2 is 2.43 bits per heavy atom. The lowest BCUT2D eigenvalue weighted by molar-refractivity contribution is 0.444. The van der Waals surface area contributed by atoms with Gasteiger partial charge in [-0.05, 0) is 0 Å². The number of thioether (sulfide) groups is 1. The number of nitrogens with one attached hydrogen (secondary N) is 1. The van der Waals surface area contributed by atoms with Crippen molar-refractivity contribution < 1.29 is 5.11 Å². The molecule has 0 spiro atoms. The van der Waals surface area contributed by atoms with Gasteiger partial charge in [-0.15, -0.1) is 5.92 Å². The predicted octanol–water partition coefficient (Wildman–Crippen LogP) is 0.981. The van der Waals surface area contributed by atoms with Gasteiger partial charge in [0.05, 0.1) is 11.8 Å². The summed E-state index contributed by atoms with van der Waals surface area (Å²) < 4.78 is 0. The molecule has 0 unspecified atom stereocenters. The fourth-order valence-electron chi connectivity index (χ4n) is 0.772. The van der Waals surface area contributed by atoms with Gasteiger partial charge in [-0.1, -0.05) is 24.6 Å². The first-order chi connectivity index (χ1) is 6.72. The van der Waals surface area contributed by atoms with Crippen molar-refractivity contribution in [3.63, 3.8) is 0 Å². The maximum Gasteiger partial charge on any atom is 0.255 e. The van der Waals surface area contributed by atoms with Gasteiger partial charge < -0.3 is 10.1 Å². The number of aromatic nitrogens is 2. The van der Waals surface area contributed by atoms with Crippen LogP contribution in [0.25, 0.3) is 0 Å². The summed E-state index contributed by atoms with van der Waals surface area (Å²) in [7, 11) is 0. The molecule has 0 bridgehead atoms. The van der Waals surface area contributed by atoms with E-state index in [1.807, 2.05) is 6.92 Å². The van der Waals surface area contributed by atoms with Crippen molar-refractivity contribution in [1.82, 2.24) is 9.97 Å². The highest BCUT2D eigenvalue weighted by molar-refractivity contribution is 7.99. The van der Waals surface area contributed by atoms with Gasteiger partial charge in [-0.3, -0.25) is 4.79 Å². The molecule has 1 heterocycles. The molecule has 0 saturated heterocycles. The standard InChI is InChI=1S/C9H10N2O2S/c1-2-3-4-5-14-9-10-7(12)6-8(13)11-9/h6H,2,5H2,1H3,(H2,10,11,12,13). The second-order valence-corrected chi connectivity index (χ2v) is 3.37. The van der Waals surface area contributed by atoms with Crippen LogP contribution in [0.3, 0.4) is 0 Å². The number of aromatic hydroxyl groups is 1. The lowest BCUT2D eigenvalue weighted by Gasteiger charge is -1.95. The van der Waals surface area contributed by atoms with Gasteiger partial charge in [0.15, 0.2) is 5.16 Å². The Labute approximate surface area is 85.8 Å². The molecule has 0 aliphatic rings. The van der Waals surface area contributed by atoms with Crippen molar-refractivity contribution in [2.45, 2.75) is 18.5 Å². The summed E-state index contributed by atoms with van der Waals surface area (Å²) in [6.45, 7) is 1.96. The highest BCUT2D eigenvalue weighted by atomic mass is 32.2. The van der Waals surface area contributed by atoms with Crippen LogP contribution in [0, 0.1) is 11.8 Å². The molecule has 5 heteroatoms. The first-order valence-corrected chi connectivity index (χ1v) is 5.09. The summed E-state index contributed by atoms with van der Waals surface area (Å²) in [5, 5.41) is 9.41. The van der Waals surface area contributed by atoms with E-state index in [0.29, 0.717) is 10.9 Å². The van der Waals surface area contributed by atoms with Crippen LogP contribution in [0.2, 0.25) is 0 Å². The number of hydrogen-bond acceptors (Lipinski definition) is 4. The van der Waals surface area contributed by atoms with Crippen LogP contribution in [0.4, 0.5) is 0 Å². The fourth-order valence-corrected chi connectivity index (χ4v) is 1.41. The van der Waals surface area contributed by atoms with Gasteiger partial charge in [-0.2, -0.15) is 4.98 Å². The first kappa shape index (κ1) is 10.7. The number of hydrogen-bond donors (Lipinski definition) is 2. The van der Waals surface area contributed by atoms with Crippen LogP contribution in [0.1, 0.15) is 13.3 Å². The van der Waals surface area contributed by atoms with Crippen molar-refractivity contribution in [3.8, 4) is 17.7 Å². The molecular formula is C9H10N2O2S. The summed E-state index contributed by atoms with van der Waals surface area (Å²) in [5.41, 5.74) is -0.358. The summed E-state index contributed by atoms with van der Waals surface area (Å²) in [6, 6.07) is 1.03. The molecule has 1 aromatic heterocycles. The molecule has 74 valence electrons. The van der Waals surface area contributed by atoms with Crippen molar-refractivity contribution >= 4 is 11.8 Å². The zero-order valence-electron chi connectivity index (χ0n) is 7.70. The maximum atomic E-state index is 10.9. The van der Waals surface area contributed by atoms with Crippen LogP contribution >= 0.6 is 11.8 Å². The van der Waals surface area contributed by atoms with E-state index in [1.54, 1.807) is 0 Å². The highest BCUT2D eigenvalue weighted by Crippen LogP contribution is 2.11. The van der Waals surface area contributed by atoms with Gasteiger partial charge in [-0.25, -0.2) is 0 Å². The molecule has 2 N–H and O–H groups in total. The van der Waals surface area contributed by atoms with Gasteiger partial charge in [0.2, 0.25) is 5.88 Å². The Bertz CT molecular complexity index is 417. The lowest BCUT2D eigenvalue weighted by atomic mass is 10.5. The molecule has 0 aliphatic heterocycles. The predicted molar refractivity (Wildman–Crippen MR) is 55.3 cm³/mol. The average molecular weight is 210 g/mol. The SMILES string of the molecule is CCC#CCSc1nc(O)cc(=O)[nH]1. The Hall–Kier alpha value is -1.41. The molecule has 0 amide bonds. The monoisotopic (exact) mass is 210 g/mol. The van der Waals surface area contributed by atoms with E-state index < -0.39 is 0 Å². The molecule has 0 saturated carbocycles. The van der Waals surface area contributed by atoms with Gasteiger partial charge >= 0.3 is 0 Å². The lowest BCUT2D eigenvalue weighted by Crippen LogP contribution is -2.05. The second kappa shape index (κ2) is 5.35. The van der Waals surface area contributed by atoms with Crippen LogP contribution < -0.4 is 5.56 Å². The molecule has 0 aromatic carbocycles. The van der Waals surface area contributed by atoms with Crippen LogP contribution in [0.15, 0.2) is 16.0 Å². The summed E-state index contributed by atoms with van der Waals surface area (Å²) in [4.78, 5) is 17.1. The smallest absolute Gasteiger partial charge is 0.255 e. The average Bonchev–Trinajstić information content (AvgIpc) is 2.11. The Morgan fingerprint density at radius 3 is 3.07 bits per heavy atom.